The van der Waals surface area contributed by atoms with Crippen LogP contribution in [0.4, 0.5) is 5.95 Å². The van der Waals surface area contributed by atoms with Gasteiger partial charge < -0.3 is 0 Å². The smallest absolute Gasteiger partial charge is 0.232 e. The van der Waals surface area contributed by atoms with Gasteiger partial charge in [-0.15, -0.1) is 0 Å². The lowest BCUT2D eigenvalue weighted by atomic mass is 10.1. The fourth-order valence-electron chi connectivity index (χ4n) is 1.67. The van der Waals surface area contributed by atoms with Crippen LogP contribution in [-0.2, 0) is 4.79 Å². The Morgan fingerprint density at radius 1 is 1.69 bits per heavy atom. The molecule has 2 rings (SSSR count). The Bertz CT molecular complexity index is 427. The lowest BCUT2D eigenvalue weighted by Gasteiger charge is -2.14. The fraction of sp³-hybridized carbons (Fsp3) is 0.500. The van der Waals surface area contributed by atoms with E-state index in [1.165, 1.54) is 0 Å². The number of rotatable bonds is 2. The molecule has 1 unspecified atom stereocenters. The molecular weight excluding hydrogens is 290 g/mol. The van der Waals surface area contributed by atoms with Gasteiger partial charge in [-0.3, -0.25) is 9.69 Å². The van der Waals surface area contributed by atoms with E-state index in [9.17, 15) is 4.79 Å². The van der Waals surface area contributed by atoms with Crippen molar-refractivity contribution >= 4 is 40.4 Å². The van der Waals surface area contributed by atoms with E-state index in [1.54, 1.807) is 11.1 Å². The Balaban J connectivity index is 2.24. The number of hydrogen-bond acceptors (Lipinski definition) is 4. The molecule has 0 bridgehead atoms. The Labute approximate surface area is 108 Å². The summed E-state index contributed by atoms with van der Waals surface area (Å²) in [5, 5.41) is 0. The Morgan fingerprint density at radius 3 is 3.00 bits per heavy atom. The van der Waals surface area contributed by atoms with Crippen molar-refractivity contribution in [3.8, 4) is 0 Å². The minimum Gasteiger partial charge on any atom is -0.280 e. The summed E-state index contributed by atoms with van der Waals surface area (Å²) < 4.78 is 0.855. The van der Waals surface area contributed by atoms with E-state index in [2.05, 4.69) is 38.5 Å². The molecule has 0 saturated carbocycles. The van der Waals surface area contributed by atoms with Crippen LogP contribution < -0.4 is 4.90 Å². The molecule has 0 N–H and O–H groups in total. The molecule has 0 radical (unpaired) electrons. The summed E-state index contributed by atoms with van der Waals surface area (Å²) >= 11 is 7.56. The molecule has 1 fully saturated rings. The Hall–Kier alpha value is -0.620. The third-order valence-corrected chi connectivity index (χ3v) is 3.91. The van der Waals surface area contributed by atoms with Gasteiger partial charge in [0.15, 0.2) is 0 Å². The van der Waals surface area contributed by atoms with E-state index < -0.39 is 0 Å². The normalized spacial score (nSPS) is 20.6. The maximum atomic E-state index is 11.7. The molecular formula is C10H12BrN3OS. The Morgan fingerprint density at radius 2 is 2.44 bits per heavy atom. The van der Waals surface area contributed by atoms with Gasteiger partial charge in [0.05, 0.1) is 10.2 Å². The Kier molecular flexibility index (Phi) is 3.49. The predicted molar refractivity (Wildman–Crippen MR) is 68.8 cm³/mol. The number of aromatic nitrogens is 2. The average Bonchev–Trinajstić information content (AvgIpc) is 2.64. The van der Waals surface area contributed by atoms with Crippen molar-refractivity contribution in [3.05, 3.63) is 16.4 Å². The van der Waals surface area contributed by atoms with Crippen LogP contribution in [0, 0.1) is 12.8 Å². The van der Waals surface area contributed by atoms with Gasteiger partial charge in [0.1, 0.15) is 0 Å². The van der Waals surface area contributed by atoms with Crippen LogP contribution in [0.25, 0.3) is 0 Å². The molecule has 0 aliphatic carbocycles. The number of aryl methyl sites for hydroxylation is 1. The zero-order chi connectivity index (χ0) is 11.7. The largest absolute Gasteiger partial charge is 0.280 e. The maximum Gasteiger partial charge on any atom is 0.232 e. The standard InChI is InChI=1S/C10H12BrN3OS/c1-6-8(11)3-12-10(13-6)14-4-7(5-16)2-9(14)15/h3,7,16H,2,4-5H2,1H3. The third-order valence-electron chi connectivity index (χ3n) is 2.61. The molecule has 2 heterocycles. The lowest BCUT2D eigenvalue weighted by Crippen LogP contribution is -2.27. The van der Waals surface area contributed by atoms with Gasteiger partial charge in [-0.05, 0) is 34.5 Å². The molecule has 4 nitrogen and oxygen atoms in total. The van der Waals surface area contributed by atoms with Gasteiger partial charge in [-0.25, -0.2) is 9.97 Å². The van der Waals surface area contributed by atoms with Crippen molar-refractivity contribution in [2.24, 2.45) is 5.92 Å². The second-order valence-corrected chi connectivity index (χ2v) is 5.08. The molecule has 1 saturated heterocycles. The number of carbonyl (C=O) groups is 1. The van der Waals surface area contributed by atoms with Crippen molar-refractivity contribution in [1.29, 1.82) is 0 Å². The van der Waals surface area contributed by atoms with Crippen LogP contribution in [0.1, 0.15) is 12.1 Å². The van der Waals surface area contributed by atoms with E-state index in [-0.39, 0.29) is 5.91 Å². The summed E-state index contributed by atoms with van der Waals surface area (Å²) in [4.78, 5) is 21.8. The van der Waals surface area contributed by atoms with Crippen molar-refractivity contribution in [2.45, 2.75) is 13.3 Å². The summed E-state index contributed by atoms with van der Waals surface area (Å²) in [6, 6.07) is 0. The number of nitrogens with zero attached hydrogens (tertiary/aromatic N) is 3. The molecule has 0 spiro atoms. The minimum absolute atomic E-state index is 0.0840. The number of carbonyl (C=O) groups excluding carboxylic acids is 1. The molecule has 6 heteroatoms. The second kappa shape index (κ2) is 4.71. The highest BCUT2D eigenvalue weighted by Crippen LogP contribution is 2.24. The highest BCUT2D eigenvalue weighted by molar-refractivity contribution is 9.10. The van der Waals surface area contributed by atoms with Gasteiger partial charge in [-0.2, -0.15) is 12.6 Å². The SMILES string of the molecule is Cc1nc(N2CC(CS)CC2=O)ncc1Br. The first-order chi connectivity index (χ1) is 7.61. The zero-order valence-electron chi connectivity index (χ0n) is 8.85. The number of thiol groups is 1. The van der Waals surface area contributed by atoms with Crippen LogP contribution in [0.2, 0.25) is 0 Å². The van der Waals surface area contributed by atoms with Gasteiger partial charge in [0, 0.05) is 19.2 Å². The van der Waals surface area contributed by atoms with Crippen LogP contribution in [-0.4, -0.2) is 28.2 Å². The van der Waals surface area contributed by atoms with Gasteiger partial charge >= 0.3 is 0 Å². The summed E-state index contributed by atoms with van der Waals surface area (Å²) in [7, 11) is 0. The molecule has 1 amide bonds. The third kappa shape index (κ3) is 2.22. The number of amides is 1. The molecule has 86 valence electrons. The summed E-state index contributed by atoms with van der Waals surface area (Å²) in [6.07, 6.45) is 2.22. The maximum absolute atomic E-state index is 11.7. The highest BCUT2D eigenvalue weighted by Gasteiger charge is 2.31. The molecule has 0 aromatic carbocycles. The molecule has 1 aromatic rings. The predicted octanol–water partition coefficient (Wildman–Crippen LogP) is 1.83. The molecule has 1 aliphatic rings. The van der Waals surface area contributed by atoms with Crippen molar-refractivity contribution in [3.63, 3.8) is 0 Å². The average molecular weight is 302 g/mol. The quantitative estimate of drug-likeness (QED) is 0.848. The molecule has 1 atom stereocenters. The first kappa shape index (κ1) is 11.9. The van der Waals surface area contributed by atoms with Gasteiger partial charge in [0.25, 0.3) is 0 Å². The lowest BCUT2D eigenvalue weighted by molar-refractivity contribution is -0.117. The van der Waals surface area contributed by atoms with Crippen LogP contribution in [0.15, 0.2) is 10.7 Å². The second-order valence-electron chi connectivity index (χ2n) is 3.86. The summed E-state index contributed by atoms with van der Waals surface area (Å²) in [5.74, 6) is 1.61. The zero-order valence-corrected chi connectivity index (χ0v) is 11.3. The first-order valence-electron chi connectivity index (χ1n) is 5.02. The van der Waals surface area contributed by atoms with E-state index in [0.29, 0.717) is 24.8 Å². The van der Waals surface area contributed by atoms with E-state index in [4.69, 9.17) is 0 Å². The van der Waals surface area contributed by atoms with Crippen molar-refractivity contribution < 1.29 is 4.79 Å². The summed E-state index contributed by atoms with van der Waals surface area (Å²) in [5.41, 5.74) is 0.840. The molecule has 1 aromatic heterocycles. The fourth-order valence-corrected chi connectivity index (χ4v) is 2.10. The summed E-state index contributed by atoms with van der Waals surface area (Å²) in [6.45, 7) is 2.55. The number of hydrogen-bond donors (Lipinski definition) is 1. The van der Waals surface area contributed by atoms with Gasteiger partial charge in [0.2, 0.25) is 11.9 Å². The van der Waals surface area contributed by atoms with E-state index >= 15 is 0 Å². The minimum atomic E-state index is 0.0840. The topological polar surface area (TPSA) is 46.1 Å². The molecule has 1 aliphatic heterocycles. The molecule has 16 heavy (non-hydrogen) atoms. The van der Waals surface area contributed by atoms with Crippen LogP contribution >= 0.6 is 28.6 Å². The monoisotopic (exact) mass is 301 g/mol. The highest BCUT2D eigenvalue weighted by atomic mass is 79.9. The first-order valence-corrected chi connectivity index (χ1v) is 6.44. The number of anilines is 1. The van der Waals surface area contributed by atoms with E-state index in [1.807, 2.05) is 6.92 Å². The van der Waals surface area contributed by atoms with Gasteiger partial charge in [-0.1, -0.05) is 0 Å². The van der Waals surface area contributed by atoms with Crippen molar-refractivity contribution in [2.75, 3.05) is 17.2 Å². The van der Waals surface area contributed by atoms with Crippen molar-refractivity contribution in [1.82, 2.24) is 9.97 Å². The van der Waals surface area contributed by atoms with E-state index in [0.717, 1.165) is 15.9 Å². The van der Waals surface area contributed by atoms with Crippen LogP contribution in [0.3, 0.4) is 0 Å². The van der Waals surface area contributed by atoms with Crippen LogP contribution in [0.5, 0.6) is 0 Å². The number of halogens is 1.